The fraction of sp³-hybridized carbons (Fsp3) is 0.846. The Bertz CT molecular complexity index is 293. The quantitative estimate of drug-likeness (QED) is 0.783. The first-order valence-electron chi connectivity index (χ1n) is 6.66. The molecule has 5 heteroatoms. The van der Waals surface area contributed by atoms with Crippen LogP contribution in [0.25, 0.3) is 0 Å². The van der Waals surface area contributed by atoms with Crippen LogP contribution in [0.4, 0.5) is 0 Å². The second kappa shape index (κ2) is 7.36. The van der Waals surface area contributed by atoms with Crippen molar-refractivity contribution in [1.29, 1.82) is 0 Å². The van der Waals surface area contributed by atoms with E-state index >= 15 is 0 Å². The van der Waals surface area contributed by atoms with Crippen LogP contribution in [-0.4, -0.2) is 47.7 Å². The molecule has 0 aliphatic carbocycles. The lowest BCUT2D eigenvalue weighted by Crippen LogP contribution is -2.45. The summed E-state index contributed by atoms with van der Waals surface area (Å²) >= 11 is 0. The van der Waals surface area contributed by atoms with Crippen molar-refractivity contribution >= 4 is 11.9 Å². The molecule has 0 bridgehead atoms. The number of likely N-dealkylation sites (tertiary alicyclic amines) is 1. The summed E-state index contributed by atoms with van der Waals surface area (Å²) in [5, 5.41) is 8.68. The molecule has 1 aliphatic heterocycles. The summed E-state index contributed by atoms with van der Waals surface area (Å²) in [4.78, 5) is 24.4. The van der Waals surface area contributed by atoms with Gasteiger partial charge in [-0.2, -0.15) is 0 Å². The van der Waals surface area contributed by atoms with Gasteiger partial charge >= 0.3 is 5.97 Å². The number of piperidine rings is 1. The Balaban J connectivity index is 2.42. The molecule has 1 amide bonds. The molecular weight excluding hydrogens is 234 g/mol. The zero-order chi connectivity index (χ0) is 13.5. The van der Waals surface area contributed by atoms with Gasteiger partial charge in [0.2, 0.25) is 0 Å². The molecule has 1 rings (SSSR count). The number of carboxylic acids is 1. The average Bonchev–Trinajstić information content (AvgIpc) is 2.36. The number of hydrogen-bond acceptors (Lipinski definition) is 3. The molecule has 1 saturated heterocycles. The predicted octanol–water partition coefficient (Wildman–Crippen LogP) is 1.51. The van der Waals surface area contributed by atoms with Crippen LogP contribution in [0.5, 0.6) is 0 Å². The molecule has 0 aromatic rings. The maximum atomic E-state index is 12.1. The highest BCUT2D eigenvalue weighted by atomic mass is 16.5. The third kappa shape index (κ3) is 4.64. The molecule has 1 heterocycles. The first-order valence-corrected chi connectivity index (χ1v) is 6.66. The van der Waals surface area contributed by atoms with Crippen molar-refractivity contribution in [2.45, 2.75) is 45.6 Å². The lowest BCUT2D eigenvalue weighted by atomic mass is 9.93. The number of ether oxygens (including phenoxy) is 1. The summed E-state index contributed by atoms with van der Waals surface area (Å²) in [6.45, 7) is 5.61. The number of amides is 1. The summed E-state index contributed by atoms with van der Waals surface area (Å²) in [5.41, 5.74) is 0. The van der Waals surface area contributed by atoms with E-state index < -0.39 is 12.1 Å². The van der Waals surface area contributed by atoms with Crippen LogP contribution in [0.15, 0.2) is 0 Å². The van der Waals surface area contributed by atoms with E-state index in [1.54, 1.807) is 6.92 Å². The summed E-state index contributed by atoms with van der Waals surface area (Å²) in [5.74, 6) is -0.425. The molecule has 0 unspecified atom stereocenters. The second-order valence-electron chi connectivity index (χ2n) is 4.82. The Morgan fingerprint density at radius 3 is 2.83 bits per heavy atom. The number of rotatable bonds is 6. The molecular formula is C13H23NO4. The fourth-order valence-corrected chi connectivity index (χ4v) is 2.41. The molecule has 2 atom stereocenters. The second-order valence-corrected chi connectivity index (χ2v) is 4.82. The van der Waals surface area contributed by atoms with Gasteiger partial charge in [0.15, 0.2) is 0 Å². The maximum Gasteiger partial charge on any atom is 0.303 e. The van der Waals surface area contributed by atoms with Crippen LogP contribution in [0.3, 0.4) is 0 Å². The molecule has 1 N–H and O–H groups in total. The van der Waals surface area contributed by atoms with Gasteiger partial charge in [0.1, 0.15) is 6.10 Å². The van der Waals surface area contributed by atoms with E-state index in [1.807, 2.05) is 11.8 Å². The minimum atomic E-state index is -0.763. The van der Waals surface area contributed by atoms with Crippen molar-refractivity contribution in [2.24, 2.45) is 5.92 Å². The van der Waals surface area contributed by atoms with E-state index in [4.69, 9.17) is 9.84 Å². The molecule has 0 radical (unpaired) electrons. The van der Waals surface area contributed by atoms with E-state index in [1.165, 1.54) is 0 Å². The highest BCUT2D eigenvalue weighted by molar-refractivity contribution is 5.80. The molecule has 0 aromatic heterocycles. The van der Waals surface area contributed by atoms with Gasteiger partial charge in [-0.15, -0.1) is 0 Å². The number of hydrogen-bond donors (Lipinski definition) is 1. The van der Waals surface area contributed by atoms with Gasteiger partial charge in [-0.05, 0) is 39.0 Å². The first-order chi connectivity index (χ1) is 8.54. The molecule has 1 aliphatic rings. The van der Waals surface area contributed by atoms with Crippen LogP contribution in [0.2, 0.25) is 0 Å². The molecule has 18 heavy (non-hydrogen) atoms. The van der Waals surface area contributed by atoms with Gasteiger partial charge in [-0.1, -0.05) is 0 Å². The first kappa shape index (κ1) is 15.0. The van der Waals surface area contributed by atoms with Gasteiger partial charge in [0.25, 0.3) is 5.91 Å². The van der Waals surface area contributed by atoms with E-state index in [0.717, 1.165) is 19.4 Å². The van der Waals surface area contributed by atoms with E-state index in [9.17, 15) is 9.59 Å². The Kier molecular flexibility index (Phi) is 6.12. The number of nitrogens with zero attached hydrogens (tertiary/aromatic N) is 1. The van der Waals surface area contributed by atoms with Crippen molar-refractivity contribution in [2.75, 3.05) is 19.7 Å². The Morgan fingerprint density at radius 1 is 1.50 bits per heavy atom. The monoisotopic (exact) mass is 257 g/mol. The van der Waals surface area contributed by atoms with Crippen LogP contribution >= 0.6 is 0 Å². The molecule has 0 spiro atoms. The summed E-state index contributed by atoms with van der Waals surface area (Å²) in [7, 11) is 0. The molecule has 104 valence electrons. The summed E-state index contributed by atoms with van der Waals surface area (Å²) in [6, 6.07) is 0. The van der Waals surface area contributed by atoms with Crippen molar-refractivity contribution < 1.29 is 19.4 Å². The van der Waals surface area contributed by atoms with Crippen molar-refractivity contribution in [3.8, 4) is 0 Å². The van der Waals surface area contributed by atoms with Gasteiger partial charge in [0, 0.05) is 26.1 Å². The topological polar surface area (TPSA) is 66.8 Å². The summed E-state index contributed by atoms with van der Waals surface area (Å²) < 4.78 is 5.30. The van der Waals surface area contributed by atoms with E-state index in [-0.39, 0.29) is 12.3 Å². The Labute approximate surface area is 108 Å². The van der Waals surface area contributed by atoms with Crippen LogP contribution in [0.1, 0.15) is 39.5 Å². The minimum Gasteiger partial charge on any atom is -0.481 e. The van der Waals surface area contributed by atoms with E-state index in [2.05, 4.69) is 0 Å². The standard InChI is InChI=1S/C13H23NO4/c1-3-18-10(2)13(17)14-8-4-5-11(9-14)6-7-12(15)16/h10-11H,3-9H2,1-2H3,(H,15,16)/t10-,11-/m1/s1. The highest BCUT2D eigenvalue weighted by Gasteiger charge is 2.27. The molecule has 0 saturated carbocycles. The maximum absolute atomic E-state index is 12.1. The molecule has 5 nitrogen and oxygen atoms in total. The van der Waals surface area contributed by atoms with E-state index in [0.29, 0.717) is 25.5 Å². The molecule has 1 fully saturated rings. The minimum absolute atomic E-state index is 0.0249. The van der Waals surface area contributed by atoms with Gasteiger partial charge < -0.3 is 14.7 Å². The third-order valence-electron chi connectivity index (χ3n) is 3.36. The zero-order valence-corrected chi connectivity index (χ0v) is 11.2. The van der Waals surface area contributed by atoms with Crippen LogP contribution in [0, 0.1) is 5.92 Å². The van der Waals surface area contributed by atoms with Gasteiger partial charge in [0.05, 0.1) is 0 Å². The number of carbonyl (C=O) groups is 2. The van der Waals surface area contributed by atoms with Gasteiger partial charge in [-0.25, -0.2) is 0 Å². The van der Waals surface area contributed by atoms with Crippen LogP contribution in [-0.2, 0) is 14.3 Å². The summed E-state index contributed by atoms with van der Waals surface area (Å²) in [6.07, 6.45) is 2.42. The largest absolute Gasteiger partial charge is 0.481 e. The number of carboxylic acid groups (broad SMARTS) is 1. The Hall–Kier alpha value is -1.10. The Morgan fingerprint density at radius 2 is 2.22 bits per heavy atom. The lowest BCUT2D eigenvalue weighted by molar-refractivity contribution is -0.144. The van der Waals surface area contributed by atoms with Crippen molar-refractivity contribution in [3.05, 3.63) is 0 Å². The smallest absolute Gasteiger partial charge is 0.303 e. The fourth-order valence-electron chi connectivity index (χ4n) is 2.41. The normalized spacial score (nSPS) is 21.7. The number of carbonyl (C=O) groups excluding carboxylic acids is 1. The average molecular weight is 257 g/mol. The number of aliphatic carboxylic acids is 1. The van der Waals surface area contributed by atoms with Crippen molar-refractivity contribution in [1.82, 2.24) is 4.90 Å². The van der Waals surface area contributed by atoms with Crippen LogP contribution < -0.4 is 0 Å². The molecule has 0 aromatic carbocycles. The predicted molar refractivity (Wildman–Crippen MR) is 67.3 cm³/mol. The SMILES string of the molecule is CCO[C@H](C)C(=O)N1CCC[C@H](CCC(=O)O)C1. The van der Waals surface area contributed by atoms with Crippen molar-refractivity contribution in [3.63, 3.8) is 0 Å². The third-order valence-corrected chi connectivity index (χ3v) is 3.36. The zero-order valence-electron chi connectivity index (χ0n) is 11.2. The lowest BCUT2D eigenvalue weighted by Gasteiger charge is -2.34. The highest BCUT2D eigenvalue weighted by Crippen LogP contribution is 2.21. The van der Waals surface area contributed by atoms with Gasteiger partial charge in [-0.3, -0.25) is 9.59 Å².